The van der Waals surface area contributed by atoms with E-state index in [9.17, 15) is 23.1 Å². The lowest BCUT2D eigenvalue weighted by Gasteiger charge is -2.25. The van der Waals surface area contributed by atoms with Crippen LogP contribution in [0.5, 0.6) is 0 Å². The van der Waals surface area contributed by atoms with Gasteiger partial charge >= 0.3 is 5.97 Å². The summed E-state index contributed by atoms with van der Waals surface area (Å²) in [5, 5.41) is 18.5. The Hall–Kier alpha value is -1.19. The maximum absolute atomic E-state index is 12.1. The molecule has 0 radical (unpaired) electrons. The van der Waals surface area contributed by atoms with Crippen molar-refractivity contribution in [1.82, 2.24) is 9.62 Å². The van der Waals surface area contributed by atoms with Crippen LogP contribution in [0.3, 0.4) is 0 Å². The Morgan fingerprint density at radius 1 is 1.45 bits per heavy atom. The third kappa shape index (κ3) is 4.15. The highest BCUT2D eigenvalue weighted by Gasteiger charge is 2.40. The van der Waals surface area contributed by atoms with Gasteiger partial charge in [-0.25, -0.2) is 17.9 Å². The van der Waals surface area contributed by atoms with Crippen molar-refractivity contribution in [3.63, 3.8) is 0 Å². The van der Waals surface area contributed by atoms with Crippen LogP contribution in [0.4, 0.5) is 0 Å². The molecule has 0 aromatic heterocycles. The number of aliphatic hydroxyl groups is 1. The summed E-state index contributed by atoms with van der Waals surface area (Å²) in [6.07, 6.45) is -0.536. The number of rotatable bonds is 6. The monoisotopic (exact) mass is 308 g/mol. The summed E-state index contributed by atoms with van der Waals surface area (Å²) < 4.78 is 25.4. The van der Waals surface area contributed by atoms with Gasteiger partial charge in [-0.2, -0.15) is 0 Å². The number of carboxylic acid groups (broad SMARTS) is 1. The standard InChI is InChI=1S/C11H20N2O6S/c1-3-4-20(18,19)12-7(2)10(15)13-6-8(14)5-9(13)11(16)17/h7-9,12,14H,3-6H2,1-2H3,(H,16,17). The van der Waals surface area contributed by atoms with Crippen LogP contribution < -0.4 is 4.72 Å². The number of sulfonamides is 1. The highest BCUT2D eigenvalue weighted by Crippen LogP contribution is 2.19. The van der Waals surface area contributed by atoms with E-state index in [2.05, 4.69) is 4.72 Å². The second-order valence-electron chi connectivity index (χ2n) is 4.89. The number of carbonyl (C=O) groups excluding carboxylic acids is 1. The lowest BCUT2D eigenvalue weighted by molar-refractivity contribution is -0.148. The summed E-state index contributed by atoms with van der Waals surface area (Å²) in [6.45, 7) is 2.96. The highest BCUT2D eigenvalue weighted by molar-refractivity contribution is 7.89. The largest absolute Gasteiger partial charge is 0.480 e. The number of hydrogen-bond donors (Lipinski definition) is 3. The summed E-state index contributed by atoms with van der Waals surface area (Å²) >= 11 is 0. The van der Waals surface area contributed by atoms with Gasteiger partial charge in [0.15, 0.2) is 0 Å². The van der Waals surface area contributed by atoms with Crippen LogP contribution in [-0.4, -0.2) is 65.9 Å². The molecule has 1 aliphatic heterocycles. The van der Waals surface area contributed by atoms with Crippen molar-refractivity contribution in [2.75, 3.05) is 12.3 Å². The zero-order valence-corrected chi connectivity index (χ0v) is 12.3. The number of likely N-dealkylation sites (tertiary alicyclic amines) is 1. The molecular formula is C11H20N2O6S. The second kappa shape index (κ2) is 6.51. The van der Waals surface area contributed by atoms with Gasteiger partial charge in [0.05, 0.1) is 17.9 Å². The summed E-state index contributed by atoms with van der Waals surface area (Å²) in [5.41, 5.74) is 0. The molecule has 1 aliphatic rings. The van der Waals surface area contributed by atoms with Crippen LogP contribution in [0.2, 0.25) is 0 Å². The quantitative estimate of drug-likeness (QED) is 0.563. The third-order valence-electron chi connectivity index (χ3n) is 3.05. The van der Waals surface area contributed by atoms with Gasteiger partial charge in [0.1, 0.15) is 6.04 Å². The van der Waals surface area contributed by atoms with Crippen LogP contribution in [0.1, 0.15) is 26.7 Å². The molecule has 0 saturated carbocycles. The van der Waals surface area contributed by atoms with E-state index in [1.807, 2.05) is 0 Å². The molecule has 1 fully saturated rings. The van der Waals surface area contributed by atoms with E-state index in [0.29, 0.717) is 6.42 Å². The van der Waals surface area contributed by atoms with E-state index >= 15 is 0 Å². The molecule has 3 unspecified atom stereocenters. The van der Waals surface area contributed by atoms with Crippen LogP contribution >= 0.6 is 0 Å². The molecule has 1 heterocycles. The average Bonchev–Trinajstić information content (AvgIpc) is 2.69. The molecule has 8 nitrogen and oxygen atoms in total. The molecule has 1 rings (SSSR count). The molecule has 20 heavy (non-hydrogen) atoms. The van der Waals surface area contributed by atoms with E-state index in [4.69, 9.17) is 5.11 Å². The van der Waals surface area contributed by atoms with Crippen molar-refractivity contribution in [1.29, 1.82) is 0 Å². The van der Waals surface area contributed by atoms with Gasteiger partial charge in [-0.1, -0.05) is 6.92 Å². The fourth-order valence-electron chi connectivity index (χ4n) is 2.19. The number of nitrogens with one attached hydrogen (secondary N) is 1. The minimum atomic E-state index is -3.56. The van der Waals surface area contributed by atoms with Gasteiger partial charge in [0.2, 0.25) is 15.9 Å². The van der Waals surface area contributed by atoms with Gasteiger partial charge in [-0.15, -0.1) is 0 Å². The molecule has 0 aromatic carbocycles. The molecule has 116 valence electrons. The molecule has 0 aromatic rings. The SMILES string of the molecule is CCCS(=O)(=O)NC(C)C(=O)N1CC(O)CC1C(=O)O. The van der Waals surface area contributed by atoms with Crippen LogP contribution in [0.25, 0.3) is 0 Å². The van der Waals surface area contributed by atoms with Crippen molar-refractivity contribution >= 4 is 21.9 Å². The minimum Gasteiger partial charge on any atom is -0.480 e. The summed E-state index contributed by atoms with van der Waals surface area (Å²) in [7, 11) is -3.56. The normalized spacial score (nSPS) is 24.6. The summed E-state index contributed by atoms with van der Waals surface area (Å²) in [6, 6.07) is -2.17. The van der Waals surface area contributed by atoms with Gasteiger partial charge in [0, 0.05) is 13.0 Å². The zero-order valence-electron chi connectivity index (χ0n) is 11.4. The summed E-state index contributed by atoms with van der Waals surface area (Å²) in [5.74, 6) is -1.96. The molecule has 3 atom stereocenters. The second-order valence-corrected chi connectivity index (χ2v) is 6.77. The fourth-order valence-corrected chi connectivity index (χ4v) is 3.48. The van der Waals surface area contributed by atoms with Crippen molar-refractivity contribution < 1.29 is 28.2 Å². The maximum Gasteiger partial charge on any atom is 0.326 e. The number of amides is 1. The Morgan fingerprint density at radius 3 is 2.55 bits per heavy atom. The first-order valence-corrected chi connectivity index (χ1v) is 8.04. The van der Waals surface area contributed by atoms with Crippen LogP contribution in [-0.2, 0) is 19.6 Å². The Kier molecular flexibility index (Phi) is 5.49. The van der Waals surface area contributed by atoms with Crippen molar-refractivity contribution in [3.8, 4) is 0 Å². The van der Waals surface area contributed by atoms with E-state index < -0.39 is 40.1 Å². The number of β-amino-alcohol motifs (C(OH)–C–C–N with tert-alkyl or cyclic N) is 1. The van der Waals surface area contributed by atoms with Crippen LogP contribution in [0, 0.1) is 0 Å². The Bertz CT molecular complexity index is 477. The molecule has 0 bridgehead atoms. The number of carbonyl (C=O) groups is 2. The topological polar surface area (TPSA) is 124 Å². The number of carboxylic acids is 1. The number of nitrogens with zero attached hydrogens (tertiary/aromatic N) is 1. The number of aliphatic carboxylic acids is 1. The predicted octanol–water partition coefficient (Wildman–Crippen LogP) is -1.25. The van der Waals surface area contributed by atoms with Gasteiger partial charge in [-0.3, -0.25) is 4.79 Å². The van der Waals surface area contributed by atoms with E-state index in [1.165, 1.54) is 6.92 Å². The highest BCUT2D eigenvalue weighted by atomic mass is 32.2. The molecule has 3 N–H and O–H groups in total. The van der Waals surface area contributed by atoms with Crippen LogP contribution in [0.15, 0.2) is 0 Å². The molecular weight excluding hydrogens is 288 g/mol. The Labute approximate surface area is 117 Å². The third-order valence-corrected chi connectivity index (χ3v) is 4.71. The van der Waals surface area contributed by atoms with Crippen molar-refractivity contribution in [2.24, 2.45) is 0 Å². The van der Waals surface area contributed by atoms with Gasteiger partial charge in [0.25, 0.3) is 0 Å². The van der Waals surface area contributed by atoms with Crippen molar-refractivity contribution in [3.05, 3.63) is 0 Å². The molecule has 0 spiro atoms. The fraction of sp³-hybridized carbons (Fsp3) is 0.818. The van der Waals surface area contributed by atoms with E-state index in [0.717, 1.165) is 4.90 Å². The molecule has 9 heteroatoms. The molecule has 0 aliphatic carbocycles. The zero-order chi connectivity index (χ0) is 15.5. The Morgan fingerprint density at radius 2 is 2.05 bits per heavy atom. The minimum absolute atomic E-state index is 0.0461. The molecule has 1 amide bonds. The summed E-state index contributed by atoms with van der Waals surface area (Å²) in [4.78, 5) is 24.1. The molecule has 1 saturated heterocycles. The van der Waals surface area contributed by atoms with Gasteiger partial charge in [-0.05, 0) is 13.3 Å². The maximum atomic E-state index is 12.1. The number of aliphatic hydroxyl groups excluding tert-OH is 1. The first-order valence-electron chi connectivity index (χ1n) is 6.39. The first-order chi connectivity index (χ1) is 9.18. The lowest BCUT2D eigenvalue weighted by Crippen LogP contribution is -2.50. The van der Waals surface area contributed by atoms with Gasteiger partial charge < -0.3 is 15.1 Å². The average molecular weight is 308 g/mol. The Balaban J connectivity index is 2.76. The van der Waals surface area contributed by atoms with Crippen molar-refractivity contribution in [2.45, 2.75) is 44.9 Å². The van der Waals surface area contributed by atoms with E-state index in [1.54, 1.807) is 6.92 Å². The first kappa shape index (κ1) is 16.9. The smallest absolute Gasteiger partial charge is 0.326 e. The predicted molar refractivity (Wildman–Crippen MR) is 70.4 cm³/mol. The van der Waals surface area contributed by atoms with E-state index in [-0.39, 0.29) is 18.7 Å². The number of hydrogen-bond acceptors (Lipinski definition) is 5. The lowest BCUT2D eigenvalue weighted by atomic mass is 10.2.